The number of nitrogens with one attached hydrogen (secondary N) is 1. The van der Waals surface area contributed by atoms with Crippen LogP contribution in [0.15, 0.2) is 24.5 Å². The number of anilines is 1. The van der Waals surface area contributed by atoms with E-state index in [1.54, 1.807) is 6.07 Å². The molecule has 1 aromatic heterocycles. The van der Waals surface area contributed by atoms with Crippen molar-refractivity contribution < 1.29 is 9.13 Å². The van der Waals surface area contributed by atoms with Gasteiger partial charge in [-0.15, -0.1) is 0 Å². The SMILES string of the molecule is C[C@H]1CN2C[C@@H](Nc3ncnc4cc(F)ccc34)C[C@H]2CO1. The Kier molecular flexibility index (Phi) is 3.43. The van der Waals surface area contributed by atoms with Crippen LogP contribution in [-0.2, 0) is 4.74 Å². The molecule has 2 saturated heterocycles. The fourth-order valence-corrected chi connectivity index (χ4v) is 3.48. The average Bonchev–Trinajstić information content (AvgIpc) is 2.88. The number of hydrogen-bond donors (Lipinski definition) is 1. The lowest BCUT2D eigenvalue weighted by atomic mass is 10.1. The molecule has 4 rings (SSSR count). The summed E-state index contributed by atoms with van der Waals surface area (Å²) in [6, 6.07) is 5.45. The molecule has 5 nitrogen and oxygen atoms in total. The summed E-state index contributed by atoms with van der Waals surface area (Å²) < 4.78 is 19.0. The summed E-state index contributed by atoms with van der Waals surface area (Å²) in [5, 5.41) is 4.36. The highest BCUT2D eigenvalue weighted by Crippen LogP contribution is 2.27. The van der Waals surface area contributed by atoms with E-state index in [0.29, 0.717) is 23.7 Å². The number of hydrogen-bond acceptors (Lipinski definition) is 5. The predicted octanol–water partition coefficient (Wildman–Crippen LogP) is 2.04. The first kappa shape index (κ1) is 13.8. The van der Waals surface area contributed by atoms with Crippen molar-refractivity contribution in [2.45, 2.75) is 31.5 Å². The van der Waals surface area contributed by atoms with Gasteiger partial charge in [-0.2, -0.15) is 0 Å². The van der Waals surface area contributed by atoms with Crippen molar-refractivity contribution in [3.05, 3.63) is 30.3 Å². The van der Waals surface area contributed by atoms with E-state index in [4.69, 9.17) is 4.74 Å². The van der Waals surface area contributed by atoms with Gasteiger partial charge in [0.15, 0.2) is 0 Å². The third-order valence-corrected chi connectivity index (χ3v) is 4.53. The minimum Gasteiger partial charge on any atom is -0.376 e. The van der Waals surface area contributed by atoms with Crippen LogP contribution in [-0.4, -0.2) is 52.8 Å². The molecule has 2 aliphatic rings. The molecule has 3 heterocycles. The molecule has 22 heavy (non-hydrogen) atoms. The van der Waals surface area contributed by atoms with Crippen molar-refractivity contribution in [2.75, 3.05) is 25.0 Å². The Morgan fingerprint density at radius 2 is 2.23 bits per heavy atom. The third-order valence-electron chi connectivity index (χ3n) is 4.53. The van der Waals surface area contributed by atoms with Gasteiger partial charge in [-0.05, 0) is 25.5 Å². The average molecular weight is 302 g/mol. The summed E-state index contributed by atoms with van der Waals surface area (Å²) in [5.74, 6) is 0.505. The van der Waals surface area contributed by atoms with Crippen molar-refractivity contribution in [1.29, 1.82) is 0 Å². The van der Waals surface area contributed by atoms with E-state index < -0.39 is 0 Å². The molecule has 1 N–H and O–H groups in total. The van der Waals surface area contributed by atoms with Crippen LogP contribution in [0.4, 0.5) is 10.2 Å². The maximum atomic E-state index is 13.3. The van der Waals surface area contributed by atoms with Gasteiger partial charge >= 0.3 is 0 Å². The normalized spacial score (nSPS) is 28.7. The lowest BCUT2D eigenvalue weighted by Gasteiger charge is -2.33. The first-order chi connectivity index (χ1) is 10.7. The number of halogens is 1. The number of fused-ring (bicyclic) bond motifs is 2. The van der Waals surface area contributed by atoms with Crippen LogP contribution in [0.5, 0.6) is 0 Å². The van der Waals surface area contributed by atoms with Crippen LogP contribution in [0.3, 0.4) is 0 Å². The molecule has 0 amide bonds. The lowest BCUT2D eigenvalue weighted by Crippen LogP contribution is -2.45. The zero-order chi connectivity index (χ0) is 15.1. The minimum absolute atomic E-state index is 0.277. The van der Waals surface area contributed by atoms with Gasteiger partial charge in [0.25, 0.3) is 0 Å². The second-order valence-electron chi connectivity index (χ2n) is 6.21. The van der Waals surface area contributed by atoms with E-state index in [9.17, 15) is 4.39 Å². The quantitative estimate of drug-likeness (QED) is 0.920. The van der Waals surface area contributed by atoms with Crippen molar-refractivity contribution in [2.24, 2.45) is 0 Å². The monoisotopic (exact) mass is 302 g/mol. The van der Waals surface area contributed by atoms with Crippen LogP contribution in [0.25, 0.3) is 10.9 Å². The van der Waals surface area contributed by atoms with Crippen LogP contribution in [0.2, 0.25) is 0 Å². The largest absolute Gasteiger partial charge is 0.376 e. The van der Waals surface area contributed by atoms with Gasteiger partial charge < -0.3 is 10.1 Å². The second-order valence-corrected chi connectivity index (χ2v) is 6.21. The zero-order valence-corrected chi connectivity index (χ0v) is 12.5. The summed E-state index contributed by atoms with van der Waals surface area (Å²) >= 11 is 0. The maximum Gasteiger partial charge on any atom is 0.137 e. The van der Waals surface area contributed by atoms with Gasteiger partial charge in [-0.3, -0.25) is 4.90 Å². The molecule has 116 valence electrons. The van der Waals surface area contributed by atoms with Crippen molar-refractivity contribution in [1.82, 2.24) is 14.9 Å². The molecule has 0 saturated carbocycles. The van der Waals surface area contributed by atoms with E-state index in [1.807, 2.05) is 0 Å². The molecule has 0 bridgehead atoms. The highest BCUT2D eigenvalue weighted by Gasteiger charge is 2.36. The molecule has 3 atom stereocenters. The summed E-state index contributed by atoms with van der Waals surface area (Å²) in [4.78, 5) is 11.0. The summed E-state index contributed by atoms with van der Waals surface area (Å²) in [6.45, 7) is 4.89. The van der Waals surface area contributed by atoms with Crippen molar-refractivity contribution in [3.8, 4) is 0 Å². The van der Waals surface area contributed by atoms with Crippen LogP contribution in [0.1, 0.15) is 13.3 Å². The summed E-state index contributed by atoms with van der Waals surface area (Å²) in [7, 11) is 0. The molecule has 2 aromatic rings. The molecule has 2 fully saturated rings. The Balaban J connectivity index is 1.55. The predicted molar refractivity (Wildman–Crippen MR) is 82.3 cm³/mol. The van der Waals surface area contributed by atoms with Gasteiger partial charge in [0.05, 0.1) is 18.2 Å². The Morgan fingerprint density at radius 1 is 1.32 bits per heavy atom. The maximum absolute atomic E-state index is 13.3. The van der Waals surface area contributed by atoms with Gasteiger partial charge in [0.2, 0.25) is 0 Å². The number of morpholine rings is 1. The molecule has 2 aliphatic heterocycles. The summed E-state index contributed by atoms with van der Waals surface area (Å²) in [5.41, 5.74) is 0.630. The van der Waals surface area contributed by atoms with Gasteiger partial charge in [0, 0.05) is 36.6 Å². The Hall–Kier alpha value is -1.79. The fraction of sp³-hybridized carbons (Fsp3) is 0.500. The molecule has 0 unspecified atom stereocenters. The van der Waals surface area contributed by atoms with Gasteiger partial charge in [-0.25, -0.2) is 14.4 Å². The van der Waals surface area contributed by atoms with Gasteiger partial charge in [-0.1, -0.05) is 0 Å². The number of rotatable bonds is 2. The molecular formula is C16H19FN4O. The molecule has 1 aromatic carbocycles. The Labute approximate surface area is 128 Å². The van der Waals surface area contributed by atoms with E-state index in [0.717, 1.165) is 37.3 Å². The van der Waals surface area contributed by atoms with Crippen molar-refractivity contribution in [3.63, 3.8) is 0 Å². The highest BCUT2D eigenvalue weighted by atomic mass is 19.1. The number of benzene rings is 1. The smallest absolute Gasteiger partial charge is 0.137 e. The number of ether oxygens (including phenoxy) is 1. The van der Waals surface area contributed by atoms with E-state index in [-0.39, 0.29) is 5.82 Å². The first-order valence-corrected chi connectivity index (χ1v) is 7.71. The molecule has 0 spiro atoms. The van der Waals surface area contributed by atoms with E-state index in [2.05, 4.69) is 27.1 Å². The first-order valence-electron chi connectivity index (χ1n) is 7.71. The topological polar surface area (TPSA) is 50.3 Å². The van der Waals surface area contributed by atoms with Crippen LogP contribution in [0, 0.1) is 5.82 Å². The van der Waals surface area contributed by atoms with E-state index >= 15 is 0 Å². The lowest BCUT2D eigenvalue weighted by molar-refractivity contribution is -0.0390. The molecule has 0 aliphatic carbocycles. The minimum atomic E-state index is -0.277. The van der Waals surface area contributed by atoms with Gasteiger partial charge in [0.1, 0.15) is 18.0 Å². The standard InChI is InChI=1S/C16H19FN4O/c1-10-6-21-7-12(5-13(21)8-22-10)20-16-14-3-2-11(17)4-15(14)18-9-19-16/h2-4,9-10,12-13H,5-8H2,1H3,(H,18,19,20)/t10-,12-,13-/m0/s1. The van der Waals surface area contributed by atoms with Crippen molar-refractivity contribution >= 4 is 16.7 Å². The molecular weight excluding hydrogens is 283 g/mol. The third kappa shape index (κ3) is 2.53. The molecule has 0 radical (unpaired) electrons. The number of nitrogens with zero attached hydrogens (tertiary/aromatic N) is 3. The second kappa shape index (κ2) is 5.44. The summed E-state index contributed by atoms with van der Waals surface area (Å²) in [6.07, 6.45) is 2.83. The highest BCUT2D eigenvalue weighted by molar-refractivity contribution is 5.88. The zero-order valence-electron chi connectivity index (χ0n) is 12.5. The van der Waals surface area contributed by atoms with Crippen LogP contribution < -0.4 is 5.32 Å². The Morgan fingerprint density at radius 3 is 3.14 bits per heavy atom. The van der Waals surface area contributed by atoms with E-state index in [1.165, 1.54) is 18.5 Å². The number of aromatic nitrogens is 2. The molecule has 6 heteroatoms. The Bertz CT molecular complexity index is 695. The van der Waals surface area contributed by atoms with Crippen LogP contribution >= 0.6 is 0 Å². The fourth-order valence-electron chi connectivity index (χ4n) is 3.48.